The molecule has 1 unspecified atom stereocenters. The van der Waals surface area contributed by atoms with E-state index in [2.05, 4.69) is 20.9 Å². The van der Waals surface area contributed by atoms with E-state index in [1.165, 1.54) is 11.3 Å². The predicted molar refractivity (Wildman–Crippen MR) is 75.8 cm³/mol. The Bertz CT molecular complexity index is 719. The fraction of sp³-hybridized carbons (Fsp3) is 0.154. The second-order valence-electron chi connectivity index (χ2n) is 4.33. The van der Waals surface area contributed by atoms with Gasteiger partial charge in [-0.2, -0.15) is 0 Å². The van der Waals surface area contributed by atoms with Crippen molar-refractivity contribution in [2.75, 3.05) is 0 Å². The molecule has 1 atom stereocenters. The number of fused-ring (bicyclic) bond motifs is 1. The van der Waals surface area contributed by atoms with Crippen molar-refractivity contribution in [1.29, 1.82) is 0 Å². The summed E-state index contributed by atoms with van der Waals surface area (Å²) in [6.07, 6.45) is 2.37. The third-order valence-corrected chi connectivity index (χ3v) is 4.15. The maximum Gasteiger partial charge on any atom is 0.193 e. The number of aliphatic hydroxyl groups excluding tert-OH is 1. The summed E-state index contributed by atoms with van der Waals surface area (Å²) in [4.78, 5) is 5.06. The summed E-state index contributed by atoms with van der Waals surface area (Å²) in [5, 5.41) is 11.9. The molecule has 1 N–H and O–H groups in total. The molecule has 0 bridgehead atoms. The lowest BCUT2D eigenvalue weighted by Crippen LogP contribution is -2.07. The molecule has 0 spiro atoms. The topological polar surface area (TPSA) is 37.5 Å². The van der Waals surface area contributed by atoms with Gasteiger partial charge in [-0.25, -0.2) is 13.8 Å². The third kappa shape index (κ3) is 2.48. The number of nitrogens with zero attached hydrogens (tertiary/aromatic N) is 2. The van der Waals surface area contributed by atoms with E-state index < -0.39 is 17.7 Å². The molecule has 1 aromatic carbocycles. The van der Waals surface area contributed by atoms with Gasteiger partial charge in [0.25, 0.3) is 0 Å². The van der Waals surface area contributed by atoms with E-state index in [-0.39, 0.29) is 12.0 Å². The highest BCUT2D eigenvalue weighted by atomic mass is 79.9. The highest BCUT2D eigenvalue weighted by Gasteiger charge is 2.20. The van der Waals surface area contributed by atoms with Gasteiger partial charge < -0.3 is 5.11 Å². The van der Waals surface area contributed by atoms with Gasteiger partial charge in [0.15, 0.2) is 4.96 Å². The number of halogens is 3. The van der Waals surface area contributed by atoms with Crippen LogP contribution < -0.4 is 0 Å². The summed E-state index contributed by atoms with van der Waals surface area (Å²) in [5.74, 6) is -1.55. The Morgan fingerprint density at radius 3 is 2.70 bits per heavy atom. The number of imidazole rings is 1. The van der Waals surface area contributed by atoms with E-state index in [1.54, 1.807) is 10.6 Å². The summed E-state index contributed by atoms with van der Waals surface area (Å²) in [6.45, 7) is 0. The largest absolute Gasteiger partial charge is 0.388 e. The molecule has 0 aliphatic carbocycles. The maximum atomic E-state index is 13.8. The number of thiazole rings is 1. The fourth-order valence-electron chi connectivity index (χ4n) is 2.05. The lowest BCUT2D eigenvalue weighted by molar-refractivity contribution is 0.167. The minimum Gasteiger partial charge on any atom is -0.388 e. The highest BCUT2D eigenvalue weighted by molar-refractivity contribution is 9.10. The van der Waals surface area contributed by atoms with Gasteiger partial charge in [-0.15, -0.1) is 11.3 Å². The zero-order valence-electron chi connectivity index (χ0n) is 10.1. The molecule has 2 aromatic heterocycles. The van der Waals surface area contributed by atoms with E-state index in [9.17, 15) is 13.9 Å². The maximum absolute atomic E-state index is 13.8. The average Bonchev–Trinajstić information content (AvgIpc) is 2.87. The van der Waals surface area contributed by atoms with Crippen LogP contribution in [-0.2, 0) is 6.42 Å². The van der Waals surface area contributed by atoms with Gasteiger partial charge in [0, 0.05) is 28.7 Å². The van der Waals surface area contributed by atoms with Crippen molar-refractivity contribution in [2.45, 2.75) is 12.5 Å². The van der Waals surface area contributed by atoms with Gasteiger partial charge in [0.1, 0.15) is 11.6 Å². The fourth-order valence-corrected chi connectivity index (χ4v) is 3.17. The Labute approximate surface area is 125 Å². The second kappa shape index (κ2) is 5.23. The zero-order valence-corrected chi connectivity index (χ0v) is 12.5. The summed E-state index contributed by atoms with van der Waals surface area (Å²) in [5.41, 5.74) is 0.260. The van der Waals surface area contributed by atoms with E-state index in [0.29, 0.717) is 10.2 Å². The number of hydrogen-bond donors (Lipinski definition) is 1. The van der Waals surface area contributed by atoms with Crippen LogP contribution in [0.25, 0.3) is 4.96 Å². The molecule has 0 saturated carbocycles. The first-order valence-corrected chi connectivity index (χ1v) is 7.45. The Kier molecular flexibility index (Phi) is 3.57. The second-order valence-corrected chi connectivity index (χ2v) is 6.12. The molecule has 3 nitrogen and oxygen atoms in total. The summed E-state index contributed by atoms with van der Waals surface area (Å²) < 4.78 is 29.6. The van der Waals surface area contributed by atoms with Crippen molar-refractivity contribution in [1.82, 2.24) is 9.38 Å². The van der Waals surface area contributed by atoms with Crippen molar-refractivity contribution in [3.05, 3.63) is 57.3 Å². The first kappa shape index (κ1) is 13.7. The minimum atomic E-state index is -1.27. The van der Waals surface area contributed by atoms with Gasteiger partial charge in [0.2, 0.25) is 0 Å². The van der Waals surface area contributed by atoms with Crippen LogP contribution in [-0.4, -0.2) is 14.5 Å². The van der Waals surface area contributed by atoms with Gasteiger partial charge in [-0.3, -0.25) is 4.40 Å². The van der Waals surface area contributed by atoms with Crippen LogP contribution in [0.4, 0.5) is 8.78 Å². The standard InChI is InChI=1S/C13H9BrF2N2OS/c14-7-3-9(15)12(10(16)4-7)11(19)5-8-6-18-1-2-20-13(18)17-8/h1-4,6,11,19H,5H2. The first-order chi connectivity index (χ1) is 9.54. The molecule has 0 amide bonds. The molecule has 3 rings (SSSR count). The average molecular weight is 359 g/mol. The highest BCUT2D eigenvalue weighted by Crippen LogP contribution is 2.27. The molecule has 104 valence electrons. The Morgan fingerprint density at radius 1 is 1.35 bits per heavy atom. The van der Waals surface area contributed by atoms with Crippen molar-refractivity contribution >= 4 is 32.2 Å². The van der Waals surface area contributed by atoms with Crippen LogP contribution >= 0.6 is 27.3 Å². The Morgan fingerprint density at radius 2 is 2.05 bits per heavy atom. The molecule has 2 heterocycles. The van der Waals surface area contributed by atoms with E-state index in [4.69, 9.17) is 0 Å². The number of benzene rings is 1. The van der Waals surface area contributed by atoms with Gasteiger partial charge in [0.05, 0.1) is 17.4 Å². The van der Waals surface area contributed by atoms with Crippen LogP contribution in [0.2, 0.25) is 0 Å². The number of aliphatic hydroxyl groups is 1. The van der Waals surface area contributed by atoms with Crippen molar-refractivity contribution in [2.24, 2.45) is 0 Å². The molecule has 7 heteroatoms. The molecule has 20 heavy (non-hydrogen) atoms. The quantitative estimate of drug-likeness (QED) is 0.774. The number of aromatic nitrogens is 2. The smallest absolute Gasteiger partial charge is 0.193 e. The normalized spacial score (nSPS) is 13.0. The SMILES string of the molecule is OC(Cc1cn2ccsc2n1)c1c(F)cc(Br)cc1F. The molecule has 0 aliphatic rings. The van der Waals surface area contributed by atoms with Crippen molar-refractivity contribution < 1.29 is 13.9 Å². The third-order valence-electron chi connectivity index (χ3n) is 2.92. The lowest BCUT2D eigenvalue weighted by atomic mass is 10.0. The lowest BCUT2D eigenvalue weighted by Gasteiger charge is -2.12. The van der Waals surface area contributed by atoms with Crippen LogP contribution in [0.5, 0.6) is 0 Å². The summed E-state index contributed by atoms with van der Waals surface area (Å²) >= 11 is 4.46. The molecule has 0 fully saturated rings. The zero-order chi connectivity index (χ0) is 14.3. The van der Waals surface area contributed by atoms with E-state index in [1.807, 2.05) is 11.6 Å². The van der Waals surface area contributed by atoms with Crippen LogP contribution in [0, 0.1) is 11.6 Å². The molecular formula is C13H9BrF2N2OS. The first-order valence-electron chi connectivity index (χ1n) is 5.78. The predicted octanol–water partition coefficient (Wildman–Crippen LogP) is 3.71. The molecular weight excluding hydrogens is 350 g/mol. The summed E-state index contributed by atoms with van der Waals surface area (Å²) in [7, 11) is 0. The molecule has 0 aliphatic heterocycles. The van der Waals surface area contributed by atoms with Crippen LogP contribution in [0.1, 0.15) is 17.4 Å². The Balaban J connectivity index is 1.89. The molecule has 0 saturated heterocycles. The van der Waals surface area contributed by atoms with Gasteiger partial charge in [-0.05, 0) is 12.1 Å². The summed E-state index contributed by atoms with van der Waals surface area (Å²) in [6, 6.07) is 2.26. The van der Waals surface area contributed by atoms with Gasteiger partial charge in [-0.1, -0.05) is 15.9 Å². The van der Waals surface area contributed by atoms with E-state index in [0.717, 1.165) is 17.1 Å². The van der Waals surface area contributed by atoms with Crippen molar-refractivity contribution in [3.8, 4) is 0 Å². The van der Waals surface area contributed by atoms with Crippen LogP contribution in [0.15, 0.2) is 34.4 Å². The van der Waals surface area contributed by atoms with Crippen LogP contribution in [0.3, 0.4) is 0 Å². The Hall–Kier alpha value is -1.31. The minimum absolute atomic E-state index is 0.0594. The molecule has 0 radical (unpaired) electrons. The van der Waals surface area contributed by atoms with Crippen molar-refractivity contribution in [3.63, 3.8) is 0 Å². The number of rotatable bonds is 3. The number of hydrogen-bond acceptors (Lipinski definition) is 3. The molecule has 3 aromatic rings. The van der Waals surface area contributed by atoms with E-state index >= 15 is 0 Å². The monoisotopic (exact) mass is 358 g/mol. The van der Waals surface area contributed by atoms with Gasteiger partial charge >= 0.3 is 0 Å².